The molecule has 0 saturated heterocycles. The highest BCUT2D eigenvalue weighted by molar-refractivity contribution is 6.30. The smallest absolute Gasteiger partial charge is 0.146 e. The van der Waals surface area contributed by atoms with E-state index in [1.54, 1.807) is 18.2 Å². The fourth-order valence-electron chi connectivity index (χ4n) is 1.64. The van der Waals surface area contributed by atoms with Crippen molar-refractivity contribution < 1.29 is 4.39 Å². The van der Waals surface area contributed by atoms with Crippen LogP contribution in [0.5, 0.6) is 0 Å². The van der Waals surface area contributed by atoms with Crippen LogP contribution in [0.3, 0.4) is 0 Å². The van der Waals surface area contributed by atoms with Crippen LogP contribution in [-0.4, -0.2) is 19.6 Å². The van der Waals surface area contributed by atoms with Crippen molar-refractivity contribution in [3.05, 3.63) is 34.6 Å². The molecule has 1 aromatic rings. The van der Waals surface area contributed by atoms with E-state index in [4.69, 9.17) is 11.6 Å². The minimum absolute atomic E-state index is 0.188. The maximum Gasteiger partial charge on any atom is 0.146 e. The highest BCUT2D eigenvalue weighted by atomic mass is 35.5. The summed E-state index contributed by atoms with van der Waals surface area (Å²) in [5.74, 6) is 0.364. The van der Waals surface area contributed by atoms with Crippen LogP contribution >= 0.6 is 11.6 Å². The van der Waals surface area contributed by atoms with Gasteiger partial charge in [0.05, 0.1) is 5.02 Å². The van der Waals surface area contributed by atoms with Crippen molar-refractivity contribution in [2.45, 2.75) is 26.8 Å². The van der Waals surface area contributed by atoms with Gasteiger partial charge in [-0.2, -0.15) is 0 Å². The van der Waals surface area contributed by atoms with Gasteiger partial charge in [-0.05, 0) is 38.0 Å². The van der Waals surface area contributed by atoms with Gasteiger partial charge in [0.15, 0.2) is 0 Å². The molecule has 2 N–H and O–H groups in total. The second-order valence-corrected chi connectivity index (χ2v) is 5.25. The minimum Gasteiger partial charge on any atom is -0.316 e. The van der Waals surface area contributed by atoms with E-state index in [0.717, 1.165) is 26.1 Å². The molecule has 0 unspecified atom stereocenters. The quantitative estimate of drug-likeness (QED) is 0.710. The summed E-state index contributed by atoms with van der Waals surface area (Å²) in [6.45, 7) is 7.81. The van der Waals surface area contributed by atoms with Gasteiger partial charge in [0.1, 0.15) is 5.82 Å². The Kier molecular flexibility index (Phi) is 7.25. The monoisotopic (exact) mass is 272 g/mol. The number of halogens is 2. The Hall–Kier alpha value is -0.640. The Bertz CT molecular complexity index is 356. The Labute approximate surface area is 114 Å². The minimum atomic E-state index is -0.315. The zero-order valence-electron chi connectivity index (χ0n) is 11.1. The number of rotatable bonds is 8. The lowest BCUT2D eigenvalue weighted by atomic mass is 10.2. The third kappa shape index (κ3) is 5.80. The van der Waals surface area contributed by atoms with Crippen molar-refractivity contribution >= 4 is 11.6 Å². The summed E-state index contributed by atoms with van der Waals surface area (Å²) >= 11 is 5.71. The zero-order chi connectivity index (χ0) is 13.4. The Balaban J connectivity index is 2.13. The number of nitrogens with one attached hydrogen (secondary N) is 2. The lowest BCUT2D eigenvalue weighted by Gasteiger charge is -2.09. The molecule has 0 aliphatic heterocycles. The fourth-order valence-corrected chi connectivity index (χ4v) is 1.83. The van der Waals surface area contributed by atoms with Gasteiger partial charge in [-0.25, -0.2) is 4.39 Å². The molecule has 0 aromatic heterocycles. The molecule has 0 spiro atoms. The number of hydrogen-bond acceptors (Lipinski definition) is 2. The third-order valence-electron chi connectivity index (χ3n) is 2.61. The van der Waals surface area contributed by atoms with E-state index in [9.17, 15) is 4.39 Å². The van der Waals surface area contributed by atoms with Gasteiger partial charge in [-0.15, -0.1) is 0 Å². The molecular formula is C14H22ClFN2. The van der Waals surface area contributed by atoms with Crippen LogP contribution in [0.4, 0.5) is 4.39 Å². The second-order valence-electron chi connectivity index (χ2n) is 4.84. The van der Waals surface area contributed by atoms with Crippen LogP contribution < -0.4 is 10.6 Å². The van der Waals surface area contributed by atoms with Crippen molar-refractivity contribution in [3.63, 3.8) is 0 Å². The SMILES string of the molecule is CC(C)CNCCCNCc1cccc(Cl)c1F. The maximum atomic E-state index is 13.5. The van der Waals surface area contributed by atoms with Crippen LogP contribution in [0, 0.1) is 11.7 Å². The van der Waals surface area contributed by atoms with Crippen molar-refractivity contribution in [2.75, 3.05) is 19.6 Å². The van der Waals surface area contributed by atoms with Crippen molar-refractivity contribution in [3.8, 4) is 0 Å². The van der Waals surface area contributed by atoms with Crippen LogP contribution in [0.25, 0.3) is 0 Å². The molecule has 0 fully saturated rings. The van der Waals surface area contributed by atoms with Crippen LogP contribution in [0.15, 0.2) is 18.2 Å². The molecule has 1 aromatic carbocycles. The first-order chi connectivity index (χ1) is 8.61. The summed E-state index contributed by atoms with van der Waals surface area (Å²) in [4.78, 5) is 0. The van der Waals surface area contributed by atoms with Crippen LogP contribution in [0.2, 0.25) is 5.02 Å². The predicted molar refractivity (Wildman–Crippen MR) is 75.4 cm³/mol. The maximum absolute atomic E-state index is 13.5. The first-order valence-corrected chi connectivity index (χ1v) is 6.83. The molecule has 18 heavy (non-hydrogen) atoms. The summed E-state index contributed by atoms with van der Waals surface area (Å²) in [6, 6.07) is 5.09. The molecule has 0 saturated carbocycles. The molecule has 0 aliphatic rings. The van der Waals surface area contributed by atoms with Crippen LogP contribution in [0.1, 0.15) is 25.8 Å². The fraction of sp³-hybridized carbons (Fsp3) is 0.571. The molecule has 0 amide bonds. The molecule has 102 valence electrons. The summed E-state index contributed by atoms with van der Waals surface area (Å²) in [7, 11) is 0. The van der Waals surface area contributed by atoms with E-state index >= 15 is 0 Å². The van der Waals surface area contributed by atoms with E-state index in [1.807, 2.05) is 0 Å². The molecule has 0 radical (unpaired) electrons. The standard InChI is InChI=1S/C14H22ClFN2/c1-11(2)9-17-7-4-8-18-10-12-5-3-6-13(15)14(12)16/h3,5-6,11,17-18H,4,7-10H2,1-2H3. The van der Waals surface area contributed by atoms with Crippen molar-refractivity contribution in [1.82, 2.24) is 10.6 Å². The molecular weight excluding hydrogens is 251 g/mol. The molecule has 0 atom stereocenters. The summed E-state index contributed by atoms with van der Waals surface area (Å²) in [6.07, 6.45) is 1.04. The number of hydrogen-bond donors (Lipinski definition) is 2. The summed E-state index contributed by atoms with van der Waals surface area (Å²) in [5, 5.41) is 6.78. The van der Waals surface area contributed by atoms with Gasteiger partial charge in [0, 0.05) is 12.1 Å². The predicted octanol–water partition coefficient (Wildman–Crippen LogP) is 3.20. The Morgan fingerprint density at radius 2 is 1.94 bits per heavy atom. The van der Waals surface area contributed by atoms with Gasteiger partial charge >= 0.3 is 0 Å². The summed E-state index contributed by atoms with van der Waals surface area (Å²) < 4.78 is 13.5. The van der Waals surface area contributed by atoms with Gasteiger partial charge in [0.2, 0.25) is 0 Å². The average Bonchev–Trinajstić information content (AvgIpc) is 2.32. The second kappa shape index (κ2) is 8.46. The molecule has 0 heterocycles. The molecule has 0 bridgehead atoms. The topological polar surface area (TPSA) is 24.1 Å². The first-order valence-electron chi connectivity index (χ1n) is 6.45. The van der Waals surface area contributed by atoms with Gasteiger partial charge in [0.25, 0.3) is 0 Å². The van der Waals surface area contributed by atoms with E-state index in [0.29, 0.717) is 18.0 Å². The van der Waals surface area contributed by atoms with Gasteiger partial charge < -0.3 is 10.6 Å². The zero-order valence-corrected chi connectivity index (χ0v) is 11.9. The highest BCUT2D eigenvalue weighted by Gasteiger charge is 2.04. The van der Waals surface area contributed by atoms with Crippen molar-refractivity contribution in [2.24, 2.45) is 5.92 Å². The Morgan fingerprint density at radius 3 is 2.67 bits per heavy atom. The largest absolute Gasteiger partial charge is 0.316 e. The normalized spacial score (nSPS) is 11.2. The van der Waals surface area contributed by atoms with E-state index in [2.05, 4.69) is 24.5 Å². The van der Waals surface area contributed by atoms with E-state index in [1.165, 1.54) is 0 Å². The van der Waals surface area contributed by atoms with E-state index in [-0.39, 0.29) is 10.8 Å². The lowest BCUT2D eigenvalue weighted by Crippen LogP contribution is -2.24. The third-order valence-corrected chi connectivity index (χ3v) is 2.90. The average molecular weight is 273 g/mol. The molecule has 4 heteroatoms. The first kappa shape index (κ1) is 15.4. The Morgan fingerprint density at radius 1 is 1.22 bits per heavy atom. The van der Waals surface area contributed by atoms with E-state index < -0.39 is 0 Å². The van der Waals surface area contributed by atoms with Gasteiger partial charge in [-0.1, -0.05) is 37.6 Å². The summed E-state index contributed by atoms with van der Waals surface area (Å²) in [5.41, 5.74) is 0.623. The van der Waals surface area contributed by atoms with Crippen LogP contribution in [-0.2, 0) is 6.54 Å². The van der Waals surface area contributed by atoms with Gasteiger partial charge in [-0.3, -0.25) is 0 Å². The molecule has 1 rings (SSSR count). The molecule has 0 aliphatic carbocycles. The van der Waals surface area contributed by atoms with Crippen molar-refractivity contribution in [1.29, 1.82) is 0 Å². The molecule has 2 nitrogen and oxygen atoms in total. The lowest BCUT2D eigenvalue weighted by molar-refractivity contribution is 0.526. The highest BCUT2D eigenvalue weighted by Crippen LogP contribution is 2.17. The number of benzene rings is 1.